The topological polar surface area (TPSA) is 64.4 Å². The van der Waals surface area contributed by atoms with E-state index in [1.807, 2.05) is 0 Å². The van der Waals surface area contributed by atoms with Gasteiger partial charge in [0.05, 0.1) is 5.69 Å². The van der Waals surface area contributed by atoms with Crippen LogP contribution in [-0.2, 0) is 4.79 Å². The maximum absolute atomic E-state index is 12.2. The average Bonchev–Trinajstić information content (AvgIpc) is 2.46. The Balaban J connectivity index is 0.00000441. The molecule has 126 valence electrons. The van der Waals surface area contributed by atoms with Crippen molar-refractivity contribution in [3.8, 4) is 5.75 Å². The Labute approximate surface area is 135 Å². The molecule has 0 saturated heterocycles. The molecule has 0 spiro atoms. The van der Waals surface area contributed by atoms with Gasteiger partial charge in [0, 0.05) is 6.42 Å². The van der Waals surface area contributed by atoms with E-state index in [1.54, 1.807) is 24.3 Å². The second-order valence-electron chi connectivity index (χ2n) is 4.70. The van der Waals surface area contributed by atoms with Gasteiger partial charge in [-0.3, -0.25) is 4.79 Å². The summed E-state index contributed by atoms with van der Waals surface area (Å²) in [4.78, 5) is 11.8. The molecule has 1 amide bonds. The summed E-state index contributed by atoms with van der Waals surface area (Å²) in [6, 6.07) is 6.57. The molecule has 0 aromatic heterocycles. The van der Waals surface area contributed by atoms with Gasteiger partial charge in [0.2, 0.25) is 5.91 Å². The number of carbonyl (C=O) groups excluding carboxylic acids is 1. The third-order valence-corrected chi connectivity index (χ3v) is 2.88. The van der Waals surface area contributed by atoms with Crippen LogP contribution in [0.5, 0.6) is 5.75 Å². The number of anilines is 1. The van der Waals surface area contributed by atoms with Crippen molar-refractivity contribution in [1.82, 2.24) is 0 Å². The first kappa shape index (κ1) is 20.6. The summed E-state index contributed by atoms with van der Waals surface area (Å²) in [6.07, 6.45) is 1.56. The molecule has 0 aliphatic rings. The highest BCUT2D eigenvalue weighted by atomic mass is 35.5. The molecule has 0 atom stereocenters. The van der Waals surface area contributed by atoms with Crippen LogP contribution < -0.4 is 15.8 Å². The van der Waals surface area contributed by atoms with E-state index in [2.05, 4.69) is 5.32 Å². The smallest absolute Gasteiger partial charge is 0.272 e. The minimum atomic E-state index is -2.55. The number of nitrogens with two attached hydrogens (primary N) is 1. The van der Waals surface area contributed by atoms with Crippen LogP contribution in [0.1, 0.15) is 32.1 Å². The summed E-state index contributed by atoms with van der Waals surface area (Å²) in [5, 5.41) is 2.69. The minimum absolute atomic E-state index is 0. The third-order valence-electron chi connectivity index (χ3n) is 2.88. The van der Waals surface area contributed by atoms with Gasteiger partial charge in [0.15, 0.2) is 0 Å². The first-order valence-corrected chi connectivity index (χ1v) is 7.13. The minimum Gasteiger partial charge on any atom is -0.485 e. The zero-order valence-corrected chi connectivity index (χ0v) is 13.2. The van der Waals surface area contributed by atoms with Gasteiger partial charge < -0.3 is 15.8 Å². The molecule has 0 unspecified atom stereocenters. The number of para-hydroxylation sites is 2. The SMILES string of the molecule is Cl.NCCCCCCC(=O)Nc1ccccc1OCC(F)F. The fourth-order valence-corrected chi connectivity index (χ4v) is 1.84. The normalized spacial score (nSPS) is 10.2. The second-order valence-corrected chi connectivity index (χ2v) is 4.70. The van der Waals surface area contributed by atoms with Crippen molar-refractivity contribution in [2.45, 2.75) is 38.5 Å². The molecule has 3 N–H and O–H groups in total. The van der Waals surface area contributed by atoms with Crippen molar-refractivity contribution < 1.29 is 18.3 Å². The van der Waals surface area contributed by atoms with E-state index < -0.39 is 13.0 Å². The average molecular weight is 337 g/mol. The number of amides is 1. The Morgan fingerprint density at radius 1 is 1.18 bits per heavy atom. The highest BCUT2D eigenvalue weighted by molar-refractivity contribution is 5.92. The lowest BCUT2D eigenvalue weighted by Gasteiger charge is -2.12. The standard InChI is InChI=1S/C15H22F2N2O2.ClH/c16-14(17)11-21-13-8-5-4-7-12(13)19-15(20)9-3-1-2-6-10-18;/h4-5,7-8,14H,1-3,6,9-11,18H2,(H,19,20);1H. The van der Waals surface area contributed by atoms with Crippen LogP contribution in [0.15, 0.2) is 24.3 Å². The number of halogens is 3. The van der Waals surface area contributed by atoms with E-state index in [4.69, 9.17) is 10.5 Å². The molecule has 0 fully saturated rings. The van der Waals surface area contributed by atoms with Crippen molar-refractivity contribution in [2.75, 3.05) is 18.5 Å². The highest BCUT2D eigenvalue weighted by Crippen LogP contribution is 2.24. The lowest BCUT2D eigenvalue weighted by Crippen LogP contribution is -2.14. The molecular weight excluding hydrogens is 314 g/mol. The molecule has 0 saturated carbocycles. The molecule has 0 aliphatic heterocycles. The number of rotatable bonds is 10. The van der Waals surface area contributed by atoms with Gasteiger partial charge in [-0.1, -0.05) is 25.0 Å². The Morgan fingerprint density at radius 3 is 2.55 bits per heavy atom. The first-order valence-electron chi connectivity index (χ1n) is 7.13. The summed E-state index contributed by atoms with van der Waals surface area (Å²) < 4.78 is 29.3. The quantitative estimate of drug-likeness (QED) is 0.642. The summed E-state index contributed by atoms with van der Waals surface area (Å²) in [5.41, 5.74) is 5.81. The molecule has 1 rings (SSSR count). The maximum Gasteiger partial charge on any atom is 0.272 e. The van der Waals surface area contributed by atoms with Crippen LogP contribution in [0.3, 0.4) is 0 Å². The molecule has 1 aromatic rings. The van der Waals surface area contributed by atoms with E-state index in [1.165, 1.54) is 0 Å². The van der Waals surface area contributed by atoms with Crippen LogP contribution in [0.2, 0.25) is 0 Å². The number of unbranched alkanes of at least 4 members (excludes halogenated alkanes) is 3. The van der Waals surface area contributed by atoms with Crippen molar-refractivity contribution in [1.29, 1.82) is 0 Å². The monoisotopic (exact) mass is 336 g/mol. The molecule has 0 radical (unpaired) electrons. The van der Waals surface area contributed by atoms with Gasteiger partial charge in [0.25, 0.3) is 6.43 Å². The zero-order valence-electron chi connectivity index (χ0n) is 12.4. The largest absolute Gasteiger partial charge is 0.485 e. The zero-order chi connectivity index (χ0) is 15.5. The number of hydrogen-bond donors (Lipinski definition) is 2. The fraction of sp³-hybridized carbons (Fsp3) is 0.533. The van der Waals surface area contributed by atoms with Gasteiger partial charge in [-0.25, -0.2) is 8.78 Å². The lowest BCUT2D eigenvalue weighted by atomic mass is 10.1. The first-order chi connectivity index (χ1) is 10.1. The Bertz CT molecular complexity index is 434. The van der Waals surface area contributed by atoms with Crippen LogP contribution in [0.25, 0.3) is 0 Å². The molecular formula is C15H23ClF2N2O2. The molecule has 7 heteroatoms. The Hall–Kier alpha value is -1.40. The Kier molecular flexibility index (Phi) is 11.4. The maximum atomic E-state index is 12.2. The lowest BCUT2D eigenvalue weighted by molar-refractivity contribution is -0.116. The summed E-state index contributed by atoms with van der Waals surface area (Å²) in [5.74, 6) is 0.116. The van der Waals surface area contributed by atoms with Gasteiger partial charge in [-0.15, -0.1) is 12.4 Å². The van der Waals surface area contributed by atoms with Crippen molar-refractivity contribution in [3.05, 3.63) is 24.3 Å². The number of ether oxygens (including phenoxy) is 1. The number of hydrogen-bond acceptors (Lipinski definition) is 3. The predicted molar refractivity (Wildman–Crippen MR) is 86.0 cm³/mol. The van der Waals surface area contributed by atoms with E-state index in [-0.39, 0.29) is 24.1 Å². The van der Waals surface area contributed by atoms with Crippen molar-refractivity contribution >= 4 is 24.0 Å². The van der Waals surface area contributed by atoms with Crippen molar-refractivity contribution in [2.24, 2.45) is 5.73 Å². The van der Waals surface area contributed by atoms with Crippen molar-refractivity contribution in [3.63, 3.8) is 0 Å². The molecule has 0 aliphatic carbocycles. The van der Waals surface area contributed by atoms with Gasteiger partial charge in [-0.2, -0.15) is 0 Å². The van der Waals surface area contributed by atoms with Crippen LogP contribution in [0.4, 0.5) is 14.5 Å². The van der Waals surface area contributed by atoms with Gasteiger partial charge in [-0.05, 0) is 31.5 Å². The number of carbonyl (C=O) groups is 1. The Morgan fingerprint density at radius 2 is 1.86 bits per heavy atom. The van der Waals surface area contributed by atoms with Crippen LogP contribution in [0, 0.1) is 0 Å². The number of nitrogens with one attached hydrogen (secondary N) is 1. The molecule has 0 bridgehead atoms. The molecule has 0 heterocycles. The van der Waals surface area contributed by atoms with E-state index in [0.717, 1.165) is 25.7 Å². The number of alkyl halides is 2. The van der Waals surface area contributed by atoms with E-state index >= 15 is 0 Å². The summed E-state index contributed by atoms with van der Waals surface area (Å²) >= 11 is 0. The van der Waals surface area contributed by atoms with Crippen LogP contribution in [-0.4, -0.2) is 25.5 Å². The number of benzene rings is 1. The summed E-state index contributed by atoms with van der Waals surface area (Å²) in [6.45, 7) is -0.0208. The highest BCUT2D eigenvalue weighted by Gasteiger charge is 2.09. The third kappa shape index (κ3) is 8.79. The molecule has 1 aromatic carbocycles. The van der Waals surface area contributed by atoms with Gasteiger partial charge in [0.1, 0.15) is 12.4 Å². The van der Waals surface area contributed by atoms with E-state index in [9.17, 15) is 13.6 Å². The van der Waals surface area contributed by atoms with E-state index in [0.29, 0.717) is 18.7 Å². The molecule has 22 heavy (non-hydrogen) atoms. The van der Waals surface area contributed by atoms with Crippen LogP contribution >= 0.6 is 12.4 Å². The summed E-state index contributed by atoms with van der Waals surface area (Å²) in [7, 11) is 0. The predicted octanol–water partition coefficient (Wildman–Crippen LogP) is 3.60. The molecule has 4 nitrogen and oxygen atoms in total. The van der Waals surface area contributed by atoms with Gasteiger partial charge >= 0.3 is 0 Å². The fourth-order valence-electron chi connectivity index (χ4n) is 1.84. The second kappa shape index (κ2) is 12.2.